The van der Waals surface area contributed by atoms with Gasteiger partial charge in [0.25, 0.3) is 0 Å². The molecule has 0 aliphatic heterocycles. The van der Waals surface area contributed by atoms with Crippen LogP contribution in [0.5, 0.6) is 0 Å². The highest BCUT2D eigenvalue weighted by Crippen LogP contribution is 2.08. The maximum absolute atomic E-state index is 10.8. The third-order valence-corrected chi connectivity index (χ3v) is 1.75. The van der Waals surface area contributed by atoms with Gasteiger partial charge in [-0.25, -0.2) is 0 Å². The van der Waals surface area contributed by atoms with Crippen molar-refractivity contribution in [2.24, 2.45) is 0 Å². The molecule has 2 nitrogen and oxygen atoms in total. The summed E-state index contributed by atoms with van der Waals surface area (Å²) in [5, 5.41) is 0. The lowest BCUT2D eigenvalue weighted by atomic mass is 10.1. The molecule has 0 saturated carbocycles. The number of carbonyl (C=O) groups excluding carboxylic acids is 1. The van der Waals surface area contributed by atoms with Gasteiger partial charge in [-0.3, -0.25) is 4.79 Å². The topological polar surface area (TPSA) is 43.1 Å². The summed E-state index contributed by atoms with van der Waals surface area (Å²) in [5.41, 5.74) is 7.33. The highest BCUT2D eigenvalue weighted by molar-refractivity contribution is 5.94. The van der Waals surface area contributed by atoms with Crippen LogP contribution >= 0.6 is 0 Å². The Morgan fingerprint density at radius 2 is 2.31 bits per heavy atom. The highest BCUT2D eigenvalue weighted by atomic mass is 16.1. The number of aryl methyl sites for hydroxylation is 1. The minimum atomic E-state index is -0.164. The van der Waals surface area contributed by atoms with Gasteiger partial charge in [0, 0.05) is 12.1 Å². The van der Waals surface area contributed by atoms with E-state index < -0.39 is 0 Å². The van der Waals surface area contributed by atoms with Crippen molar-refractivity contribution in [3.63, 3.8) is 0 Å². The van der Waals surface area contributed by atoms with Crippen LogP contribution in [0.25, 0.3) is 0 Å². The number of nitrogen functional groups attached to an aromatic ring is 1. The summed E-state index contributed by atoms with van der Waals surface area (Å²) in [5.74, 6) is 1.92. The average molecular weight is 173 g/mol. The van der Waals surface area contributed by atoms with Crippen LogP contribution in [-0.4, -0.2) is 5.78 Å². The van der Waals surface area contributed by atoms with Gasteiger partial charge in [0.2, 0.25) is 5.78 Å². The van der Waals surface area contributed by atoms with E-state index >= 15 is 0 Å². The second-order valence-corrected chi connectivity index (χ2v) is 2.81. The number of nitrogens with two attached hydrogens (primary N) is 1. The quantitative estimate of drug-likeness (QED) is 0.426. The molecule has 2 heteroatoms. The van der Waals surface area contributed by atoms with Crippen molar-refractivity contribution >= 4 is 11.5 Å². The third-order valence-electron chi connectivity index (χ3n) is 1.75. The van der Waals surface area contributed by atoms with Crippen LogP contribution in [0.1, 0.15) is 12.0 Å². The number of Topliss-reactive ketones (excluding diaryl/α,β-unsaturated/α-hetero) is 1. The van der Waals surface area contributed by atoms with Gasteiger partial charge in [-0.15, -0.1) is 6.42 Å². The summed E-state index contributed by atoms with van der Waals surface area (Å²) in [6.45, 7) is 0. The molecular weight excluding hydrogens is 162 g/mol. The standard InChI is InChI=1S/C11H11NO/c1-2-11(13)7-6-9-4-3-5-10(12)8-9/h1,3-5,8H,6-7,12H2. The Balaban J connectivity index is 2.56. The first-order valence-corrected chi connectivity index (χ1v) is 4.06. The Morgan fingerprint density at radius 1 is 1.54 bits per heavy atom. The summed E-state index contributed by atoms with van der Waals surface area (Å²) in [7, 11) is 0. The van der Waals surface area contributed by atoms with Crippen LogP contribution in [0.4, 0.5) is 5.69 Å². The number of anilines is 1. The Morgan fingerprint density at radius 3 is 2.92 bits per heavy atom. The lowest BCUT2D eigenvalue weighted by Crippen LogP contribution is -1.96. The van der Waals surface area contributed by atoms with Gasteiger partial charge in [0.15, 0.2) is 0 Å². The summed E-state index contributed by atoms with van der Waals surface area (Å²) in [6, 6.07) is 7.46. The van der Waals surface area contributed by atoms with Crippen LogP contribution in [0.15, 0.2) is 24.3 Å². The van der Waals surface area contributed by atoms with Crippen LogP contribution in [-0.2, 0) is 11.2 Å². The number of rotatable bonds is 3. The number of terminal acetylenes is 1. The van der Waals surface area contributed by atoms with E-state index in [9.17, 15) is 4.79 Å². The minimum absolute atomic E-state index is 0.164. The van der Waals surface area contributed by atoms with E-state index in [4.69, 9.17) is 12.2 Å². The molecule has 0 atom stereocenters. The number of carbonyl (C=O) groups is 1. The maximum atomic E-state index is 10.8. The van der Waals surface area contributed by atoms with Gasteiger partial charge in [-0.05, 0) is 30.0 Å². The minimum Gasteiger partial charge on any atom is -0.399 e. The van der Waals surface area contributed by atoms with Crippen LogP contribution < -0.4 is 5.73 Å². The molecule has 0 aliphatic rings. The normalized spacial score (nSPS) is 9.15. The van der Waals surface area contributed by atoms with Crippen molar-refractivity contribution in [2.75, 3.05) is 5.73 Å². The molecule has 1 rings (SSSR count). The fraction of sp³-hybridized carbons (Fsp3) is 0.182. The van der Waals surface area contributed by atoms with Gasteiger partial charge in [0.05, 0.1) is 0 Å². The molecule has 0 heterocycles. The molecule has 0 radical (unpaired) electrons. The number of ketones is 1. The van der Waals surface area contributed by atoms with Crippen LogP contribution in [0.3, 0.4) is 0 Å². The lowest BCUT2D eigenvalue weighted by molar-refractivity contribution is -0.113. The van der Waals surface area contributed by atoms with E-state index in [-0.39, 0.29) is 5.78 Å². The zero-order chi connectivity index (χ0) is 9.68. The van der Waals surface area contributed by atoms with Gasteiger partial charge in [-0.1, -0.05) is 12.1 Å². The molecule has 13 heavy (non-hydrogen) atoms. The van der Waals surface area contributed by atoms with E-state index in [0.717, 1.165) is 5.56 Å². The zero-order valence-corrected chi connectivity index (χ0v) is 7.29. The monoisotopic (exact) mass is 173 g/mol. The molecule has 0 unspecified atom stereocenters. The smallest absolute Gasteiger partial charge is 0.205 e. The van der Waals surface area contributed by atoms with Gasteiger partial charge >= 0.3 is 0 Å². The summed E-state index contributed by atoms with van der Waals surface area (Å²) >= 11 is 0. The van der Waals surface area contributed by atoms with Crippen molar-refractivity contribution in [3.05, 3.63) is 29.8 Å². The summed E-state index contributed by atoms with van der Waals surface area (Å²) in [4.78, 5) is 10.8. The number of benzene rings is 1. The lowest BCUT2D eigenvalue weighted by Gasteiger charge is -1.99. The van der Waals surface area contributed by atoms with Crippen LogP contribution in [0.2, 0.25) is 0 Å². The third kappa shape index (κ3) is 3.00. The second-order valence-electron chi connectivity index (χ2n) is 2.81. The predicted octanol–water partition coefficient (Wildman–Crippen LogP) is 1.40. The van der Waals surface area contributed by atoms with Crippen molar-refractivity contribution < 1.29 is 4.79 Å². The molecule has 0 fully saturated rings. The first-order valence-electron chi connectivity index (χ1n) is 4.06. The van der Waals surface area contributed by atoms with Gasteiger partial charge < -0.3 is 5.73 Å². The van der Waals surface area contributed by atoms with E-state index in [2.05, 4.69) is 5.92 Å². The molecule has 0 aromatic heterocycles. The Hall–Kier alpha value is -1.75. The molecule has 66 valence electrons. The molecule has 0 aliphatic carbocycles. The average Bonchev–Trinajstić information content (AvgIpc) is 2.14. The fourth-order valence-corrected chi connectivity index (χ4v) is 1.08. The predicted molar refractivity (Wildman–Crippen MR) is 53.0 cm³/mol. The maximum Gasteiger partial charge on any atom is 0.205 e. The molecular formula is C11H11NO. The largest absolute Gasteiger partial charge is 0.399 e. The SMILES string of the molecule is C#CC(=O)CCc1cccc(N)c1. The summed E-state index contributed by atoms with van der Waals surface area (Å²) < 4.78 is 0. The molecule has 0 saturated heterocycles. The first kappa shape index (κ1) is 9.34. The second kappa shape index (κ2) is 4.32. The van der Waals surface area contributed by atoms with Crippen LogP contribution in [0, 0.1) is 12.3 Å². The van der Waals surface area contributed by atoms with E-state index in [1.807, 2.05) is 24.3 Å². The number of hydrogen-bond donors (Lipinski definition) is 1. The molecule has 0 spiro atoms. The van der Waals surface area contributed by atoms with Gasteiger partial charge in [-0.2, -0.15) is 0 Å². The van der Waals surface area contributed by atoms with E-state index in [0.29, 0.717) is 18.5 Å². The molecule has 1 aromatic carbocycles. The Labute approximate surface area is 77.8 Å². The number of hydrogen-bond acceptors (Lipinski definition) is 2. The fourth-order valence-electron chi connectivity index (χ4n) is 1.08. The molecule has 2 N–H and O–H groups in total. The highest BCUT2D eigenvalue weighted by Gasteiger charge is 1.98. The Kier molecular flexibility index (Phi) is 3.10. The van der Waals surface area contributed by atoms with E-state index in [1.165, 1.54) is 0 Å². The van der Waals surface area contributed by atoms with Gasteiger partial charge in [0.1, 0.15) is 0 Å². The van der Waals surface area contributed by atoms with Crippen molar-refractivity contribution in [1.29, 1.82) is 0 Å². The van der Waals surface area contributed by atoms with Crippen molar-refractivity contribution in [1.82, 2.24) is 0 Å². The Bertz CT molecular complexity index is 349. The summed E-state index contributed by atoms with van der Waals surface area (Å²) in [6.07, 6.45) is 5.99. The van der Waals surface area contributed by atoms with E-state index in [1.54, 1.807) is 0 Å². The zero-order valence-electron chi connectivity index (χ0n) is 7.29. The molecule has 1 aromatic rings. The molecule has 0 bridgehead atoms. The van der Waals surface area contributed by atoms with Crippen molar-refractivity contribution in [3.8, 4) is 12.3 Å². The first-order chi connectivity index (χ1) is 6.22. The van der Waals surface area contributed by atoms with Crippen molar-refractivity contribution in [2.45, 2.75) is 12.8 Å². The molecule has 0 amide bonds.